The highest BCUT2D eigenvalue weighted by Gasteiger charge is 2.18. The van der Waals surface area contributed by atoms with Crippen LogP contribution in [0.5, 0.6) is 0 Å². The molecule has 2 aromatic carbocycles. The highest BCUT2D eigenvalue weighted by molar-refractivity contribution is 6.36. The van der Waals surface area contributed by atoms with Gasteiger partial charge in [-0.25, -0.2) is 0 Å². The van der Waals surface area contributed by atoms with Crippen molar-refractivity contribution < 1.29 is 0 Å². The number of allylic oxidation sites excluding steroid dienone is 2. The molecule has 0 unspecified atom stereocenters. The van der Waals surface area contributed by atoms with Crippen LogP contribution in [0.3, 0.4) is 0 Å². The molecule has 0 N–H and O–H groups in total. The van der Waals surface area contributed by atoms with Crippen LogP contribution in [-0.4, -0.2) is 9.78 Å². The van der Waals surface area contributed by atoms with E-state index in [1.807, 2.05) is 23.9 Å². The minimum atomic E-state index is 0.432. The molecule has 3 rings (SSSR count). The zero-order chi connectivity index (χ0) is 18.1. The van der Waals surface area contributed by atoms with Crippen molar-refractivity contribution in [3.05, 3.63) is 58.2 Å². The quantitative estimate of drug-likeness (QED) is 0.482. The Bertz CT molecular complexity index is 952. The smallest absolute Gasteiger partial charge is 0.101 e. The van der Waals surface area contributed by atoms with Gasteiger partial charge in [0.15, 0.2) is 0 Å². The van der Waals surface area contributed by atoms with Crippen LogP contribution in [0.25, 0.3) is 27.6 Å². The van der Waals surface area contributed by atoms with Crippen LogP contribution in [0.2, 0.25) is 10.0 Å². The summed E-state index contributed by atoms with van der Waals surface area (Å²) in [6.07, 6.45) is 3.30. The molecule has 0 radical (unpaired) electrons. The van der Waals surface area contributed by atoms with Crippen LogP contribution in [0, 0.1) is 5.92 Å². The fourth-order valence-electron chi connectivity index (χ4n) is 3.31. The Morgan fingerprint density at radius 2 is 1.92 bits per heavy atom. The molecule has 0 saturated heterocycles. The van der Waals surface area contributed by atoms with Crippen molar-refractivity contribution in [1.82, 2.24) is 9.78 Å². The Hall–Kier alpha value is -1.77. The maximum absolute atomic E-state index is 6.44. The van der Waals surface area contributed by atoms with Crippen molar-refractivity contribution in [3.8, 4) is 11.1 Å². The van der Waals surface area contributed by atoms with E-state index in [1.165, 1.54) is 11.3 Å². The molecule has 1 heterocycles. The highest BCUT2D eigenvalue weighted by Crippen LogP contribution is 2.37. The van der Waals surface area contributed by atoms with Gasteiger partial charge in [-0.3, -0.25) is 4.68 Å². The van der Waals surface area contributed by atoms with Crippen LogP contribution in [0.15, 0.2) is 42.5 Å². The van der Waals surface area contributed by atoms with Gasteiger partial charge >= 0.3 is 0 Å². The summed E-state index contributed by atoms with van der Waals surface area (Å²) in [5, 5.41) is 7.25. The largest absolute Gasteiger partial charge is 0.267 e. The molecule has 0 aliphatic heterocycles. The van der Waals surface area contributed by atoms with Crippen molar-refractivity contribution in [3.63, 3.8) is 0 Å². The van der Waals surface area contributed by atoms with Gasteiger partial charge < -0.3 is 0 Å². The van der Waals surface area contributed by atoms with E-state index in [0.717, 1.165) is 28.5 Å². The number of hydrogen-bond acceptors (Lipinski definition) is 1. The molecular formula is C21H22Cl2N2. The number of aryl methyl sites for hydroxylation is 1. The summed E-state index contributed by atoms with van der Waals surface area (Å²) in [4.78, 5) is 0. The van der Waals surface area contributed by atoms with E-state index in [0.29, 0.717) is 16.0 Å². The Balaban J connectivity index is 2.29. The van der Waals surface area contributed by atoms with Crippen LogP contribution < -0.4 is 0 Å². The first-order chi connectivity index (χ1) is 11.9. The van der Waals surface area contributed by atoms with Crippen LogP contribution in [-0.2, 0) is 7.05 Å². The second-order valence-corrected chi connectivity index (χ2v) is 7.36. The molecule has 130 valence electrons. The van der Waals surface area contributed by atoms with Gasteiger partial charge in [-0.05, 0) is 30.0 Å². The van der Waals surface area contributed by atoms with E-state index in [2.05, 4.69) is 45.0 Å². The standard InChI is InChI=1S/C21H22Cl2N2/c1-5-7-15(13(2)3)21-18-9-6-8-17(20(18)24-25(21)4)16-11-10-14(22)12-19(16)23/h6-13H,5H2,1-4H3/b15-7+. The first kappa shape index (κ1) is 18.0. The van der Waals surface area contributed by atoms with Crippen molar-refractivity contribution in [1.29, 1.82) is 0 Å². The number of nitrogens with zero attached hydrogens (tertiary/aromatic N) is 2. The van der Waals surface area contributed by atoms with Gasteiger partial charge in [0.2, 0.25) is 0 Å². The normalized spacial score (nSPS) is 12.4. The SMILES string of the molecule is CC/C=C(/c1c2cccc(-c3ccc(Cl)cc3Cl)c2nn1C)C(C)C. The zero-order valence-electron chi connectivity index (χ0n) is 15.0. The van der Waals surface area contributed by atoms with Crippen LogP contribution in [0.1, 0.15) is 32.9 Å². The summed E-state index contributed by atoms with van der Waals surface area (Å²) in [6.45, 7) is 6.61. The summed E-state index contributed by atoms with van der Waals surface area (Å²) < 4.78 is 1.99. The van der Waals surface area contributed by atoms with Gasteiger partial charge in [0.1, 0.15) is 5.52 Å². The maximum Gasteiger partial charge on any atom is 0.101 e. The Kier molecular flexibility index (Phi) is 5.21. The molecule has 4 heteroatoms. The lowest BCUT2D eigenvalue weighted by Gasteiger charge is -2.12. The molecule has 0 aliphatic rings. The zero-order valence-corrected chi connectivity index (χ0v) is 16.5. The summed E-state index contributed by atoms with van der Waals surface area (Å²) in [6, 6.07) is 11.9. The summed E-state index contributed by atoms with van der Waals surface area (Å²) in [7, 11) is 2.01. The van der Waals surface area contributed by atoms with Crippen molar-refractivity contribution in [2.75, 3.05) is 0 Å². The van der Waals surface area contributed by atoms with Crippen LogP contribution in [0.4, 0.5) is 0 Å². The second kappa shape index (κ2) is 7.23. The number of halogens is 2. The number of fused-ring (bicyclic) bond motifs is 1. The van der Waals surface area contributed by atoms with Gasteiger partial charge in [0.25, 0.3) is 0 Å². The molecule has 1 aromatic heterocycles. The molecular weight excluding hydrogens is 351 g/mol. The molecule has 3 aromatic rings. The van der Waals surface area contributed by atoms with Crippen molar-refractivity contribution in [2.45, 2.75) is 27.2 Å². The number of rotatable bonds is 4. The summed E-state index contributed by atoms with van der Waals surface area (Å²) >= 11 is 12.5. The van der Waals surface area contributed by atoms with E-state index >= 15 is 0 Å². The third-order valence-corrected chi connectivity index (χ3v) is 4.95. The number of benzene rings is 2. The number of hydrogen-bond donors (Lipinski definition) is 0. The monoisotopic (exact) mass is 372 g/mol. The molecule has 0 aliphatic carbocycles. The minimum absolute atomic E-state index is 0.432. The average molecular weight is 373 g/mol. The van der Waals surface area contributed by atoms with Crippen molar-refractivity contribution in [2.24, 2.45) is 13.0 Å². The topological polar surface area (TPSA) is 17.8 Å². The average Bonchev–Trinajstić information content (AvgIpc) is 2.88. The first-order valence-corrected chi connectivity index (χ1v) is 9.31. The molecule has 0 fully saturated rings. The predicted molar refractivity (Wildman–Crippen MR) is 109 cm³/mol. The maximum atomic E-state index is 6.44. The third kappa shape index (κ3) is 3.33. The van der Waals surface area contributed by atoms with E-state index in [1.54, 1.807) is 6.07 Å². The lowest BCUT2D eigenvalue weighted by Crippen LogP contribution is -2.02. The summed E-state index contributed by atoms with van der Waals surface area (Å²) in [5.74, 6) is 0.432. The summed E-state index contributed by atoms with van der Waals surface area (Å²) in [5.41, 5.74) is 5.45. The van der Waals surface area contributed by atoms with E-state index < -0.39 is 0 Å². The van der Waals surface area contributed by atoms with Gasteiger partial charge in [-0.2, -0.15) is 5.10 Å². The predicted octanol–water partition coefficient (Wildman–Crippen LogP) is 7.00. The first-order valence-electron chi connectivity index (χ1n) is 8.55. The molecule has 2 nitrogen and oxygen atoms in total. The van der Waals surface area contributed by atoms with Gasteiger partial charge in [0.05, 0.1) is 5.69 Å². The molecule has 25 heavy (non-hydrogen) atoms. The van der Waals surface area contributed by atoms with E-state index in [9.17, 15) is 0 Å². The lowest BCUT2D eigenvalue weighted by molar-refractivity contribution is 0.744. The molecule has 0 bridgehead atoms. The Labute approximate surface area is 159 Å². The second-order valence-electron chi connectivity index (χ2n) is 6.52. The van der Waals surface area contributed by atoms with Crippen LogP contribution >= 0.6 is 23.2 Å². The fourth-order valence-corrected chi connectivity index (χ4v) is 3.82. The lowest BCUT2D eigenvalue weighted by atomic mass is 9.94. The molecule has 0 spiro atoms. The molecule has 0 amide bonds. The van der Waals surface area contributed by atoms with Crippen molar-refractivity contribution >= 4 is 39.7 Å². The van der Waals surface area contributed by atoms with E-state index in [-0.39, 0.29) is 0 Å². The molecule has 0 atom stereocenters. The fraction of sp³-hybridized carbons (Fsp3) is 0.286. The third-order valence-electron chi connectivity index (χ3n) is 4.41. The Morgan fingerprint density at radius 1 is 1.16 bits per heavy atom. The number of aromatic nitrogens is 2. The van der Waals surface area contributed by atoms with E-state index in [4.69, 9.17) is 28.3 Å². The van der Waals surface area contributed by atoms with Gasteiger partial charge in [-0.15, -0.1) is 0 Å². The highest BCUT2D eigenvalue weighted by atomic mass is 35.5. The van der Waals surface area contributed by atoms with Gasteiger partial charge in [0, 0.05) is 33.6 Å². The van der Waals surface area contributed by atoms with Gasteiger partial charge in [-0.1, -0.05) is 74.3 Å². The Morgan fingerprint density at radius 3 is 2.56 bits per heavy atom. The minimum Gasteiger partial charge on any atom is -0.267 e. The molecule has 0 saturated carbocycles.